The number of ether oxygens (including phenoxy) is 3. The summed E-state index contributed by atoms with van der Waals surface area (Å²) in [6, 6.07) is 0. The first kappa shape index (κ1) is 26.0. The SMILES string of the molecule is N/N=C(\C=NCC1OC1NCC(N)O)COCC(=O)N1CC(OCCNC(=O)CON)C1. The van der Waals surface area contributed by atoms with Gasteiger partial charge in [0.05, 0.1) is 25.9 Å². The summed E-state index contributed by atoms with van der Waals surface area (Å²) < 4.78 is 16.2. The summed E-state index contributed by atoms with van der Waals surface area (Å²) in [5.74, 6) is 9.62. The Labute approximate surface area is 185 Å². The van der Waals surface area contributed by atoms with E-state index < -0.39 is 6.23 Å². The molecule has 182 valence electrons. The van der Waals surface area contributed by atoms with Gasteiger partial charge in [0.25, 0.3) is 0 Å². The number of amides is 2. The molecule has 2 fully saturated rings. The third-order valence-corrected chi connectivity index (χ3v) is 4.47. The van der Waals surface area contributed by atoms with Crippen molar-refractivity contribution in [2.75, 3.05) is 59.2 Å². The third kappa shape index (κ3) is 9.92. The van der Waals surface area contributed by atoms with E-state index in [9.17, 15) is 9.59 Å². The average molecular weight is 460 g/mol. The van der Waals surface area contributed by atoms with E-state index in [4.69, 9.17) is 36.8 Å². The smallest absolute Gasteiger partial charge is 0.248 e. The van der Waals surface area contributed by atoms with Gasteiger partial charge in [0.1, 0.15) is 37.5 Å². The Kier molecular flexibility index (Phi) is 11.4. The van der Waals surface area contributed by atoms with Crippen molar-refractivity contribution in [2.45, 2.75) is 24.7 Å². The Bertz CT molecular complexity index is 657. The van der Waals surface area contributed by atoms with Crippen molar-refractivity contribution in [1.82, 2.24) is 15.5 Å². The van der Waals surface area contributed by atoms with Crippen molar-refractivity contribution in [2.24, 2.45) is 27.6 Å². The monoisotopic (exact) mass is 460 g/mol. The summed E-state index contributed by atoms with van der Waals surface area (Å²) in [4.78, 5) is 33.2. The predicted molar refractivity (Wildman–Crippen MR) is 112 cm³/mol. The zero-order chi connectivity index (χ0) is 23.3. The van der Waals surface area contributed by atoms with Gasteiger partial charge < -0.3 is 41.1 Å². The molecule has 2 heterocycles. The predicted octanol–water partition coefficient (Wildman–Crippen LogP) is -4.79. The van der Waals surface area contributed by atoms with Crippen LogP contribution in [0, 0.1) is 0 Å². The molecule has 0 spiro atoms. The zero-order valence-corrected chi connectivity index (χ0v) is 17.7. The number of carbonyl (C=O) groups excluding carboxylic acids is 2. The van der Waals surface area contributed by atoms with Gasteiger partial charge in [-0.05, 0) is 0 Å². The molecule has 2 saturated heterocycles. The van der Waals surface area contributed by atoms with Gasteiger partial charge in [-0.2, -0.15) is 5.10 Å². The summed E-state index contributed by atoms with van der Waals surface area (Å²) >= 11 is 0. The Morgan fingerprint density at radius 3 is 2.78 bits per heavy atom. The van der Waals surface area contributed by atoms with Crippen LogP contribution in [0.5, 0.6) is 0 Å². The molecule has 0 radical (unpaired) electrons. The number of likely N-dealkylation sites (tertiary alicyclic amines) is 1. The Morgan fingerprint density at radius 1 is 1.31 bits per heavy atom. The largest absolute Gasteiger partial charge is 0.377 e. The molecule has 32 heavy (non-hydrogen) atoms. The van der Waals surface area contributed by atoms with E-state index in [0.717, 1.165) is 0 Å². The number of hydrogen-bond acceptors (Lipinski definition) is 13. The van der Waals surface area contributed by atoms with Crippen LogP contribution in [0.2, 0.25) is 0 Å². The zero-order valence-electron chi connectivity index (χ0n) is 17.7. The van der Waals surface area contributed by atoms with Crippen LogP contribution >= 0.6 is 0 Å². The first-order valence-electron chi connectivity index (χ1n) is 10.1. The van der Waals surface area contributed by atoms with Crippen molar-refractivity contribution in [3.05, 3.63) is 0 Å². The second kappa shape index (κ2) is 14.0. The molecule has 15 heteroatoms. The lowest BCUT2D eigenvalue weighted by molar-refractivity contribution is -0.149. The van der Waals surface area contributed by atoms with E-state index in [1.165, 1.54) is 6.21 Å². The van der Waals surface area contributed by atoms with Crippen LogP contribution in [0.25, 0.3) is 0 Å². The molecular formula is C17H32N8O7. The quantitative estimate of drug-likeness (QED) is 0.0320. The van der Waals surface area contributed by atoms with Gasteiger partial charge in [-0.25, -0.2) is 5.90 Å². The number of hydrogen-bond donors (Lipinski definition) is 6. The second-order valence-corrected chi connectivity index (χ2v) is 7.13. The lowest BCUT2D eigenvalue weighted by atomic mass is 10.1. The van der Waals surface area contributed by atoms with Gasteiger partial charge in [-0.1, -0.05) is 0 Å². The lowest BCUT2D eigenvalue weighted by Gasteiger charge is -2.38. The summed E-state index contributed by atoms with van der Waals surface area (Å²) in [7, 11) is 0. The molecule has 0 aliphatic carbocycles. The topological polar surface area (TPSA) is 225 Å². The molecule has 2 aliphatic heterocycles. The van der Waals surface area contributed by atoms with Gasteiger partial charge in [0, 0.05) is 32.4 Å². The minimum absolute atomic E-state index is 0.0400. The molecule has 15 nitrogen and oxygen atoms in total. The number of nitrogens with two attached hydrogens (primary N) is 3. The molecule has 0 bridgehead atoms. The van der Waals surface area contributed by atoms with Crippen LogP contribution in [0.15, 0.2) is 10.1 Å². The maximum Gasteiger partial charge on any atom is 0.248 e. The number of aliphatic hydroxyl groups excluding tert-OH is 1. The van der Waals surface area contributed by atoms with Gasteiger partial charge in [0.2, 0.25) is 11.8 Å². The molecule has 0 aromatic carbocycles. The molecule has 3 atom stereocenters. The number of carbonyl (C=O) groups is 2. The van der Waals surface area contributed by atoms with Crippen LogP contribution in [-0.4, -0.2) is 118 Å². The van der Waals surface area contributed by atoms with E-state index in [0.29, 0.717) is 38.5 Å². The second-order valence-electron chi connectivity index (χ2n) is 7.13. The van der Waals surface area contributed by atoms with Crippen molar-refractivity contribution < 1.29 is 33.7 Å². The van der Waals surface area contributed by atoms with E-state index in [1.54, 1.807) is 4.90 Å². The highest BCUT2D eigenvalue weighted by molar-refractivity contribution is 6.31. The van der Waals surface area contributed by atoms with Crippen LogP contribution in [0.4, 0.5) is 0 Å². The lowest BCUT2D eigenvalue weighted by Crippen LogP contribution is -2.56. The highest BCUT2D eigenvalue weighted by Gasteiger charge is 2.38. The number of hydrazone groups is 1. The number of nitrogens with one attached hydrogen (secondary N) is 2. The summed E-state index contributed by atoms with van der Waals surface area (Å²) in [5, 5.41) is 18.1. The summed E-state index contributed by atoms with van der Waals surface area (Å²) in [6.45, 7) is 1.91. The molecule has 2 aliphatic rings. The third-order valence-electron chi connectivity index (χ3n) is 4.47. The molecule has 9 N–H and O–H groups in total. The van der Waals surface area contributed by atoms with E-state index in [2.05, 4.69) is 25.6 Å². The van der Waals surface area contributed by atoms with Crippen LogP contribution < -0.4 is 28.1 Å². The molecular weight excluding hydrogens is 428 g/mol. The van der Waals surface area contributed by atoms with Crippen molar-refractivity contribution in [1.29, 1.82) is 0 Å². The molecule has 0 aromatic heterocycles. The minimum atomic E-state index is -0.939. The van der Waals surface area contributed by atoms with Crippen molar-refractivity contribution in [3.63, 3.8) is 0 Å². The molecule has 0 saturated carbocycles. The van der Waals surface area contributed by atoms with E-state index in [-0.39, 0.29) is 56.6 Å². The van der Waals surface area contributed by atoms with E-state index in [1.807, 2.05) is 0 Å². The molecule has 3 unspecified atom stereocenters. The van der Waals surface area contributed by atoms with Gasteiger partial charge in [-0.3, -0.25) is 24.7 Å². The maximum absolute atomic E-state index is 12.1. The first-order valence-corrected chi connectivity index (χ1v) is 10.1. The highest BCUT2D eigenvalue weighted by atomic mass is 16.6. The van der Waals surface area contributed by atoms with Crippen LogP contribution in [0.3, 0.4) is 0 Å². The van der Waals surface area contributed by atoms with Crippen LogP contribution in [0.1, 0.15) is 0 Å². The average Bonchev–Trinajstić information content (AvgIpc) is 3.47. The summed E-state index contributed by atoms with van der Waals surface area (Å²) in [6.07, 6.45) is 0.152. The number of rotatable bonds is 16. The standard InChI is InChI=1S/C17H32N8O7/c18-14(26)5-23-17-13(32-17)4-21-3-11(24-19)8-29-10-16(28)25-6-12(7-25)30-2-1-22-15(27)9-31-20/h3,12-14,17,23,26H,1-2,4-10,18-20H2,(H,22,27)/b21-3?,24-11+. The maximum atomic E-state index is 12.1. The Hall–Kier alpha value is -2.24. The normalized spacial score (nSPS) is 22.1. The fourth-order valence-electron chi connectivity index (χ4n) is 2.69. The van der Waals surface area contributed by atoms with Gasteiger partial charge >= 0.3 is 0 Å². The highest BCUT2D eigenvalue weighted by Crippen LogP contribution is 2.18. The molecule has 2 rings (SSSR count). The van der Waals surface area contributed by atoms with Gasteiger partial charge in [-0.15, -0.1) is 0 Å². The number of epoxide rings is 1. The molecule has 0 aromatic rings. The minimum Gasteiger partial charge on any atom is -0.377 e. The van der Waals surface area contributed by atoms with Crippen molar-refractivity contribution in [3.8, 4) is 0 Å². The summed E-state index contributed by atoms with van der Waals surface area (Å²) in [5.41, 5.74) is 5.61. The molecule has 2 amide bonds. The van der Waals surface area contributed by atoms with Crippen molar-refractivity contribution >= 4 is 23.7 Å². The Balaban J connectivity index is 1.49. The number of nitrogens with zero attached hydrogens (tertiary/aromatic N) is 3. The first-order chi connectivity index (χ1) is 15.4. The number of aliphatic hydroxyl groups is 1. The van der Waals surface area contributed by atoms with Gasteiger partial charge in [0.15, 0.2) is 0 Å². The fourth-order valence-corrected chi connectivity index (χ4v) is 2.69. The fraction of sp³-hybridized carbons (Fsp3) is 0.765. The number of aliphatic imine (C=N–C) groups is 1. The Morgan fingerprint density at radius 2 is 2.09 bits per heavy atom. The van der Waals surface area contributed by atoms with Crippen LogP contribution in [-0.2, 0) is 28.6 Å². The van der Waals surface area contributed by atoms with E-state index >= 15 is 0 Å².